The van der Waals surface area contributed by atoms with Crippen molar-refractivity contribution >= 4 is 39.2 Å². The van der Waals surface area contributed by atoms with Crippen molar-refractivity contribution < 1.29 is 31.6 Å². The number of halogens is 2. The SMILES string of the molecule is O=C(N[C@H](C(=O)N1CCN(C(=O)c2cccc(F)c2)CC1)S(=O)(=O)c1ccc(Cl)cc1)c1ccco1. The summed E-state index contributed by atoms with van der Waals surface area (Å²) in [5.74, 6) is -2.85. The number of sulfone groups is 1. The van der Waals surface area contributed by atoms with Gasteiger partial charge in [-0.1, -0.05) is 17.7 Å². The highest BCUT2D eigenvalue weighted by atomic mass is 35.5. The first-order valence-corrected chi connectivity index (χ1v) is 12.8. The summed E-state index contributed by atoms with van der Waals surface area (Å²) in [6, 6.07) is 13.3. The van der Waals surface area contributed by atoms with Gasteiger partial charge in [0, 0.05) is 36.8 Å². The van der Waals surface area contributed by atoms with E-state index in [0.717, 1.165) is 6.07 Å². The van der Waals surface area contributed by atoms with Gasteiger partial charge in [0.15, 0.2) is 5.76 Å². The molecule has 188 valence electrons. The smallest absolute Gasteiger partial charge is 0.288 e. The van der Waals surface area contributed by atoms with Gasteiger partial charge in [0.2, 0.25) is 15.2 Å². The molecule has 3 aromatic rings. The average molecular weight is 534 g/mol. The number of hydrogen-bond donors (Lipinski definition) is 1. The molecule has 0 spiro atoms. The average Bonchev–Trinajstić information content (AvgIpc) is 3.42. The van der Waals surface area contributed by atoms with E-state index in [2.05, 4.69) is 5.32 Å². The van der Waals surface area contributed by atoms with Gasteiger partial charge >= 0.3 is 0 Å². The Balaban J connectivity index is 1.53. The van der Waals surface area contributed by atoms with Crippen molar-refractivity contribution in [1.82, 2.24) is 15.1 Å². The molecule has 0 saturated carbocycles. The molecule has 9 nitrogen and oxygen atoms in total. The molecule has 0 bridgehead atoms. The van der Waals surface area contributed by atoms with Gasteiger partial charge in [0.25, 0.3) is 17.7 Å². The van der Waals surface area contributed by atoms with Crippen LogP contribution in [0.1, 0.15) is 20.9 Å². The minimum absolute atomic E-state index is 0.0170. The molecule has 1 aliphatic heterocycles. The van der Waals surface area contributed by atoms with Gasteiger partial charge in [-0.25, -0.2) is 12.8 Å². The molecule has 2 aromatic carbocycles. The summed E-state index contributed by atoms with van der Waals surface area (Å²) in [5.41, 5.74) is 0.170. The van der Waals surface area contributed by atoms with E-state index in [1.54, 1.807) is 0 Å². The predicted octanol–water partition coefficient (Wildman–Crippen LogP) is 2.59. The Labute approximate surface area is 211 Å². The summed E-state index contributed by atoms with van der Waals surface area (Å²) >= 11 is 5.86. The Kier molecular flexibility index (Phi) is 7.41. The molecule has 1 aromatic heterocycles. The van der Waals surface area contributed by atoms with E-state index in [1.165, 1.54) is 70.7 Å². The van der Waals surface area contributed by atoms with Crippen LogP contribution in [0.25, 0.3) is 0 Å². The van der Waals surface area contributed by atoms with Crippen LogP contribution in [0.15, 0.2) is 76.2 Å². The lowest BCUT2D eigenvalue weighted by molar-refractivity contribution is -0.132. The van der Waals surface area contributed by atoms with E-state index in [0.29, 0.717) is 5.02 Å². The zero-order valence-corrected chi connectivity index (χ0v) is 20.3. The van der Waals surface area contributed by atoms with Gasteiger partial charge in [0.1, 0.15) is 5.82 Å². The zero-order valence-electron chi connectivity index (χ0n) is 18.8. The van der Waals surface area contributed by atoms with Crippen molar-refractivity contribution in [2.24, 2.45) is 0 Å². The van der Waals surface area contributed by atoms with Gasteiger partial charge in [-0.2, -0.15) is 0 Å². The van der Waals surface area contributed by atoms with E-state index < -0.39 is 38.7 Å². The first kappa shape index (κ1) is 25.4. The van der Waals surface area contributed by atoms with Crippen molar-refractivity contribution in [2.45, 2.75) is 10.3 Å². The molecule has 1 atom stereocenters. The number of furan rings is 1. The molecule has 12 heteroatoms. The molecular weight excluding hydrogens is 513 g/mol. The molecule has 0 unspecified atom stereocenters. The van der Waals surface area contributed by atoms with Crippen LogP contribution in [0.4, 0.5) is 4.39 Å². The van der Waals surface area contributed by atoms with Crippen molar-refractivity contribution in [3.63, 3.8) is 0 Å². The van der Waals surface area contributed by atoms with Crippen molar-refractivity contribution in [3.05, 3.63) is 89.1 Å². The van der Waals surface area contributed by atoms with Crippen LogP contribution in [0.5, 0.6) is 0 Å². The second-order valence-electron chi connectivity index (χ2n) is 7.96. The van der Waals surface area contributed by atoms with Gasteiger partial charge in [0.05, 0.1) is 11.2 Å². The highest BCUT2D eigenvalue weighted by molar-refractivity contribution is 7.92. The minimum Gasteiger partial charge on any atom is -0.459 e. The summed E-state index contributed by atoms with van der Waals surface area (Å²) in [6.45, 7) is 0.230. The Hall–Kier alpha value is -3.70. The molecule has 4 rings (SSSR count). The number of nitrogens with zero attached hydrogens (tertiary/aromatic N) is 2. The van der Waals surface area contributed by atoms with Crippen molar-refractivity contribution in [3.8, 4) is 0 Å². The molecule has 0 aliphatic carbocycles. The van der Waals surface area contributed by atoms with Crippen molar-refractivity contribution in [1.29, 1.82) is 0 Å². The van der Waals surface area contributed by atoms with Crippen LogP contribution in [0, 0.1) is 5.82 Å². The van der Waals surface area contributed by atoms with Crippen LogP contribution in [-0.2, 0) is 14.6 Å². The van der Waals surface area contributed by atoms with Crippen LogP contribution in [0.2, 0.25) is 5.02 Å². The number of benzene rings is 2. The molecule has 1 fully saturated rings. The monoisotopic (exact) mass is 533 g/mol. The van der Waals surface area contributed by atoms with Gasteiger partial charge in [-0.3, -0.25) is 14.4 Å². The summed E-state index contributed by atoms with van der Waals surface area (Å²) in [5, 5.41) is 0.627. The normalized spacial score (nSPS) is 14.8. The topological polar surface area (TPSA) is 117 Å². The number of rotatable bonds is 6. The highest BCUT2D eigenvalue weighted by Crippen LogP contribution is 2.21. The lowest BCUT2D eigenvalue weighted by Crippen LogP contribution is -2.57. The maximum Gasteiger partial charge on any atom is 0.288 e. The third-order valence-corrected chi connectivity index (χ3v) is 7.76. The molecular formula is C24H21ClFN3O6S. The van der Waals surface area contributed by atoms with E-state index in [9.17, 15) is 27.2 Å². The molecule has 1 aliphatic rings. The molecule has 1 saturated heterocycles. The van der Waals surface area contributed by atoms with E-state index in [-0.39, 0.29) is 42.4 Å². The summed E-state index contributed by atoms with van der Waals surface area (Å²) < 4.78 is 45.3. The largest absolute Gasteiger partial charge is 0.459 e. The Morgan fingerprint density at radius 3 is 2.22 bits per heavy atom. The fourth-order valence-corrected chi connectivity index (χ4v) is 5.32. The summed E-state index contributed by atoms with van der Waals surface area (Å²) in [4.78, 5) is 41.2. The van der Waals surface area contributed by atoms with E-state index in [4.69, 9.17) is 16.0 Å². The third-order valence-electron chi connectivity index (χ3n) is 5.63. The summed E-state index contributed by atoms with van der Waals surface area (Å²) in [7, 11) is -4.38. The molecule has 0 radical (unpaired) electrons. The molecule has 2 heterocycles. The lowest BCUT2D eigenvalue weighted by Gasteiger charge is -2.36. The number of hydrogen-bond acceptors (Lipinski definition) is 6. The number of amides is 3. The second kappa shape index (κ2) is 10.5. The molecule has 1 N–H and O–H groups in total. The van der Waals surface area contributed by atoms with E-state index in [1.807, 2.05) is 0 Å². The zero-order chi connectivity index (χ0) is 25.9. The standard InChI is InChI=1S/C24H21ClFN3O6S/c25-17-6-8-19(9-7-17)36(33,34)22(27-21(30)20-5-2-14-35-20)24(32)29-12-10-28(11-13-29)23(31)16-3-1-4-18(26)15-16/h1-9,14-15,22H,10-13H2,(H,27,30)/t22-/m0/s1. The predicted molar refractivity (Wildman–Crippen MR) is 127 cm³/mol. The van der Waals surface area contributed by atoms with Crippen molar-refractivity contribution in [2.75, 3.05) is 26.2 Å². The minimum atomic E-state index is -4.38. The maximum absolute atomic E-state index is 13.5. The quantitative estimate of drug-likeness (QED) is 0.520. The van der Waals surface area contributed by atoms with Crippen LogP contribution < -0.4 is 5.32 Å². The van der Waals surface area contributed by atoms with Gasteiger partial charge in [-0.15, -0.1) is 0 Å². The Bertz CT molecular complexity index is 1370. The second-order valence-corrected chi connectivity index (χ2v) is 10.4. The van der Waals surface area contributed by atoms with Crippen LogP contribution in [0.3, 0.4) is 0 Å². The van der Waals surface area contributed by atoms with Crippen LogP contribution in [-0.4, -0.2) is 67.5 Å². The number of nitrogens with one attached hydrogen (secondary N) is 1. The fraction of sp³-hybridized carbons (Fsp3) is 0.208. The molecule has 3 amide bonds. The number of carbonyl (C=O) groups excluding carboxylic acids is 3. The first-order chi connectivity index (χ1) is 17.2. The Morgan fingerprint density at radius 2 is 1.61 bits per heavy atom. The number of carbonyl (C=O) groups is 3. The van der Waals surface area contributed by atoms with Gasteiger partial charge in [-0.05, 0) is 54.6 Å². The van der Waals surface area contributed by atoms with E-state index >= 15 is 0 Å². The number of piperazine rings is 1. The third kappa shape index (κ3) is 5.42. The first-order valence-electron chi connectivity index (χ1n) is 10.8. The lowest BCUT2D eigenvalue weighted by atomic mass is 10.1. The van der Waals surface area contributed by atoms with Gasteiger partial charge < -0.3 is 19.5 Å². The Morgan fingerprint density at radius 1 is 0.944 bits per heavy atom. The van der Waals surface area contributed by atoms with Crippen LogP contribution >= 0.6 is 11.6 Å². The molecule has 36 heavy (non-hydrogen) atoms. The highest BCUT2D eigenvalue weighted by Gasteiger charge is 2.40. The maximum atomic E-state index is 13.5. The fourth-order valence-electron chi connectivity index (χ4n) is 3.73. The summed E-state index contributed by atoms with van der Waals surface area (Å²) in [6.07, 6.45) is 1.24.